The maximum Gasteiger partial charge on any atom is 0.0708 e. The first-order valence-electron chi connectivity index (χ1n) is 8.34. The Bertz CT molecular complexity index is 470. The molecule has 1 saturated heterocycles. The highest BCUT2D eigenvalue weighted by molar-refractivity contribution is 6.30. The van der Waals surface area contributed by atoms with Gasteiger partial charge in [-0.05, 0) is 50.3 Å². The fraction of sp³-hybridized carbons (Fsp3) is 0.667. The van der Waals surface area contributed by atoms with E-state index in [0.29, 0.717) is 12.1 Å². The molecule has 1 N–H and O–H groups in total. The third-order valence-electron chi connectivity index (χ3n) is 5.10. The van der Waals surface area contributed by atoms with E-state index in [2.05, 4.69) is 18.3 Å². The van der Waals surface area contributed by atoms with Crippen LogP contribution in [0.5, 0.6) is 0 Å². The van der Waals surface area contributed by atoms with Crippen molar-refractivity contribution in [1.29, 1.82) is 0 Å². The van der Waals surface area contributed by atoms with Gasteiger partial charge in [0.05, 0.1) is 11.7 Å². The zero-order valence-corrected chi connectivity index (χ0v) is 13.7. The first-order chi connectivity index (χ1) is 10.2. The van der Waals surface area contributed by atoms with Gasteiger partial charge in [-0.25, -0.2) is 0 Å². The molecule has 1 aliphatic heterocycles. The van der Waals surface area contributed by atoms with E-state index in [4.69, 9.17) is 16.3 Å². The van der Waals surface area contributed by atoms with Crippen LogP contribution in [-0.2, 0) is 4.74 Å². The van der Waals surface area contributed by atoms with E-state index in [-0.39, 0.29) is 5.60 Å². The van der Waals surface area contributed by atoms with E-state index in [1.165, 1.54) is 50.5 Å². The first-order valence-corrected chi connectivity index (χ1v) is 8.71. The minimum atomic E-state index is 0.226. The van der Waals surface area contributed by atoms with Crippen LogP contribution in [-0.4, -0.2) is 18.2 Å². The highest BCUT2D eigenvalue weighted by Gasteiger charge is 2.40. The molecule has 3 heteroatoms. The van der Waals surface area contributed by atoms with Gasteiger partial charge in [0.2, 0.25) is 0 Å². The molecule has 0 amide bonds. The van der Waals surface area contributed by atoms with E-state index in [9.17, 15) is 0 Å². The second-order valence-corrected chi connectivity index (χ2v) is 7.14. The van der Waals surface area contributed by atoms with Crippen LogP contribution in [0.3, 0.4) is 0 Å². The summed E-state index contributed by atoms with van der Waals surface area (Å²) in [6.45, 7) is 3.13. The van der Waals surface area contributed by atoms with Gasteiger partial charge >= 0.3 is 0 Å². The van der Waals surface area contributed by atoms with Crippen molar-refractivity contribution in [2.24, 2.45) is 0 Å². The van der Waals surface area contributed by atoms with Crippen molar-refractivity contribution in [2.45, 2.75) is 69.6 Å². The molecule has 2 nitrogen and oxygen atoms in total. The summed E-state index contributed by atoms with van der Waals surface area (Å²) in [4.78, 5) is 0. The zero-order chi connectivity index (χ0) is 14.7. The van der Waals surface area contributed by atoms with Gasteiger partial charge in [-0.2, -0.15) is 0 Å². The summed E-state index contributed by atoms with van der Waals surface area (Å²) in [7, 11) is 0. The van der Waals surface area contributed by atoms with E-state index >= 15 is 0 Å². The number of hydrogen-bond donors (Lipinski definition) is 1. The van der Waals surface area contributed by atoms with E-state index < -0.39 is 0 Å². The van der Waals surface area contributed by atoms with Crippen LogP contribution in [0.4, 0.5) is 0 Å². The van der Waals surface area contributed by atoms with Crippen molar-refractivity contribution in [2.75, 3.05) is 6.54 Å². The van der Waals surface area contributed by atoms with Crippen LogP contribution in [0.1, 0.15) is 63.5 Å². The SMILES string of the molecule is CC(NCC1CCC2(CCCCC2)O1)c1cccc(Cl)c1. The van der Waals surface area contributed by atoms with Gasteiger partial charge in [-0.1, -0.05) is 43.0 Å². The standard InChI is InChI=1S/C18H26ClNO/c1-14(15-6-5-7-16(19)12-15)20-13-17-8-11-18(21-17)9-3-2-4-10-18/h5-7,12,14,17,20H,2-4,8-11,13H2,1H3. The Balaban J connectivity index is 1.49. The molecule has 1 aromatic rings. The zero-order valence-electron chi connectivity index (χ0n) is 12.9. The molecule has 0 aromatic heterocycles. The molecule has 2 fully saturated rings. The molecule has 1 saturated carbocycles. The molecular weight excluding hydrogens is 282 g/mol. The first kappa shape index (κ1) is 15.3. The normalized spacial score (nSPS) is 26.1. The number of ether oxygens (including phenoxy) is 1. The number of nitrogens with one attached hydrogen (secondary N) is 1. The lowest BCUT2D eigenvalue weighted by atomic mass is 9.83. The Hall–Kier alpha value is -0.570. The molecule has 116 valence electrons. The van der Waals surface area contributed by atoms with Crippen molar-refractivity contribution in [3.8, 4) is 0 Å². The lowest BCUT2D eigenvalue weighted by Crippen LogP contribution is -2.35. The molecule has 1 spiro atoms. The van der Waals surface area contributed by atoms with Crippen molar-refractivity contribution >= 4 is 11.6 Å². The van der Waals surface area contributed by atoms with Gasteiger partial charge in [-0.15, -0.1) is 0 Å². The molecular formula is C18H26ClNO. The molecule has 1 aromatic carbocycles. The molecule has 21 heavy (non-hydrogen) atoms. The van der Waals surface area contributed by atoms with Crippen LogP contribution in [0.2, 0.25) is 5.02 Å². The van der Waals surface area contributed by atoms with Gasteiger partial charge in [0.25, 0.3) is 0 Å². The van der Waals surface area contributed by atoms with Crippen LogP contribution >= 0.6 is 11.6 Å². The predicted molar refractivity (Wildman–Crippen MR) is 87.8 cm³/mol. The molecule has 3 rings (SSSR count). The van der Waals surface area contributed by atoms with Gasteiger partial charge in [0, 0.05) is 17.6 Å². The summed E-state index contributed by atoms with van der Waals surface area (Å²) in [5.74, 6) is 0. The van der Waals surface area contributed by atoms with Crippen molar-refractivity contribution in [3.05, 3.63) is 34.9 Å². The van der Waals surface area contributed by atoms with E-state index in [1.54, 1.807) is 0 Å². The summed E-state index contributed by atoms with van der Waals surface area (Å²) in [5, 5.41) is 4.41. The maximum absolute atomic E-state index is 6.41. The predicted octanol–water partition coefficient (Wildman–Crippen LogP) is 4.87. The molecule has 1 heterocycles. The fourth-order valence-corrected chi connectivity index (χ4v) is 4.00. The number of hydrogen-bond acceptors (Lipinski definition) is 2. The molecule has 2 aliphatic rings. The molecule has 0 radical (unpaired) electrons. The highest BCUT2D eigenvalue weighted by Crippen LogP contribution is 2.41. The Kier molecular flexibility index (Phi) is 4.88. The van der Waals surface area contributed by atoms with Gasteiger partial charge in [0.1, 0.15) is 0 Å². The van der Waals surface area contributed by atoms with Gasteiger partial charge in [-0.3, -0.25) is 0 Å². The van der Waals surface area contributed by atoms with Crippen LogP contribution in [0, 0.1) is 0 Å². The topological polar surface area (TPSA) is 21.3 Å². The number of rotatable bonds is 4. The van der Waals surface area contributed by atoms with Gasteiger partial charge in [0.15, 0.2) is 0 Å². The lowest BCUT2D eigenvalue weighted by Gasteiger charge is -2.33. The average Bonchev–Trinajstić information content (AvgIpc) is 2.88. The van der Waals surface area contributed by atoms with E-state index in [1.807, 2.05) is 18.2 Å². The summed E-state index contributed by atoms with van der Waals surface area (Å²) in [6, 6.07) is 8.41. The number of halogens is 1. The Morgan fingerprint density at radius 3 is 2.86 bits per heavy atom. The largest absolute Gasteiger partial charge is 0.370 e. The highest BCUT2D eigenvalue weighted by atomic mass is 35.5. The second kappa shape index (κ2) is 6.68. The Morgan fingerprint density at radius 2 is 2.10 bits per heavy atom. The number of benzene rings is 1. The minimum absolute atomic E-state index is 0.226. The van der Waals surface area contributed by atoms with Crippen LogP contribution < -0.4 is 5.32 Å². The third-order valence-corrected chi connectivity index (χ3v) is 5.34. The average molecular weight is 308 g/mol. The van der Waals surface area contributed by atoms with Crippen LogP contribution in [0.15, 0.2) is 24.3 Å². The second-order valence-electron chi connectivity index (χ2n) is 6.71. The van der Waals surface area contributed by atoms with Crippen molar-refractivity contribution in [1.82, 2.24) is 5.32 Å². The Labute approximate surface area is 133 Å². The summed E-state index contributed by atoms with van der Waals surface area (Å²) < 4.78 is 6.41. The van der Waals surface area contributed by atoms with Crippen molar-refractivity contribution < 1.29 is 4.74 Å². The Morgan fingerprint density at radius 1 is 1.29 bits per heavy atom. The molecule has 2 unspecified atom stereocenters. The minimum Gasteiger partial charge on any atom is -0.370 e. The third kappa shape index (κ3) is 3.80. The fourth-order valence-electron chi connectivity index (χ4n) is 3.81. The monoisotopic (exact) mass is 307 g/mol. The smallest absolute Gasteiger partial charge is 0.0708 e. The lowest BCUT2D eigenvalue weighted by molar-refractivity contribution is -0.0628. The van der Waals surface area contributed by atoms with E-state index in [0.717, 1.165) is 11.6 Å². The summed E-state index contributed by atoms with van der Waals surface area (Å²) in [6.07, 6.45) is 9.46. The van der Waals surface area contributed by atoms with Crippen molar-refractivity contribution in [3.63, 3.8) is 0 Å². The van der Waals surface area contributed by atoms with Gasteiger partial charge < -0.3 is 10.1 Å². The summed E-state index contributed by atoms with van der Waals surface area (Å²) in [5.41, 5.74) is 1.47. The molecule has 1 aliphatic carbocycles. The molecule has 2 atom stereocenters. The quantitative estimate of drug-likeness (QED) is 0.856. The maximum atomic E-state index is 6.41. The summed E-state index contributed by atoms with van der Waals surface area (Å²) >= 11 is 6.06. The van der Waals surface area contributed by atoms with Crippen LogP contribution in [0.25, 0.3) is 0 Å². The molecule has 0 bridgehead atoms.